The van der Waals surface area contributed by atoms with Crippen molar-refractivity contribution in [1.29, 1.82) is 0 Å². The molecule has 8 rings (SSSR count). The summed E-state index contributed by atoms with van der Waals surface area (Å²) in [6, 6.07) is 28.0. The van der Waals surface area contributed by atoms with Gasteiger partial charge in [0.15, 0.2) is 17.3 Å². The van der Waals surface area contributed by atoms with E-state index in [0.717, 1.165) is 65.7 Å². The molecule has 0 radical (unpaired) electrons. The maximum atomic E-state index is 12.3. The second-order valence-electron chi connectivity index (χ2n) is 14.1. The first-order chi connectivity index (χ1) is 30.6. The van der Waals surface area contributed by atoms with Crippen LogP contribution in [0.4, 0.5) is 0 Å². The topological polar surface area (TPSA) is 93.4 Å². The van der Waals surface area contributed by atoms with Gasteiger partial charge in [-0.2, -0.15) is 0 Å². The standard InChI is InChI=1S/C19H17NO.C10H11NO.C10H12O.C7H9N.C3H6NP.3C2H6/c1-13-7-9-14(10-8-13)17-12-20-11-3-5-16-18(21)6-2-4-15(17)19(16)20;12-10-6-2-1-5-9-8(10)4-3-7-11-9;1-3-10(11)9-6-4-8(2)5-7-9;1-6-4-3-5-8-7(6)2;1-2-3-4-5;3*1-2/h3,5,7-12H,2,4,6H2,1H3;3-4,7H,1-2,5-6H2;4-7H,3H2,1-2H3;3-5H,1-2H3;1,4H,3,5H2;3*1-2H3. The van der Waals surface area contributed by atoms with E-state index < -0.39 is 0 Å². The summed E-state index contributed by atoms with van der Waals surface area (Å²) >= 11 is 0. The van der Waals surface area contributed by atoms with E-state index >= 15 is 0 Å². The molecule has 2 aliphatic rings. The first kappa shape index (κ1) is 55.5. The molecule has 0 amide bonds. The molecule has 0 spiro atoms. The fourth-order valence-electron chi connectivity index (χ4n) is 6.49. The van der Waals surface area contributed by atoms with Gasteiger partial charge in [0.1, 0.15) is 0 Å². The zero-order valence-corrected chi connectivity index (χ0v) is 41.1. The van der Waals surface area contributed by atoms with Crippen LogP contribution in [0.15, 0.2) is 110 Å². The van der Waals surface area contributed by atoms with Crippen LogP contribution in [0.2, 0.25) is 0 Å². The van der Waals surface area contributed by atoms with E-state index in [1.54, 1.807) is 6.20 Å². The molecule has 0 aliphatic heterocycles. The summed E-state index contributed by atoms with van der Waals surface area (Å²) in [5.41, 5.74) is 13.3. The molecule has 0 saturated heterocycles. The van der Waals surface area contributed by atoms with E-state index in [0.29, 0.717) is 25.8 Å². The average Bonchev–Trinajstić information content (AvgIpc) is 3.47. The van der Waals surface area contributed by atoms with Gasteiger partial charge >= 0.3 is 0 Å². The number of aromatic nitrogens is 3. The molecule has 336 valence electrons. The highest BCUT2D eigenvalue weighted by molar-refractivity contribution is 7.13. The van der Waals surface area contributed by atoms with Crippen LogP contribution < -0.4 is 5.09 Å². The van der Waals surface area contributed by atoms with E-state index in [9.17, 15) is 14.4 Å². The van der Waals surface area contributed by atoms with Gasteiger partial charge in [-0.3, -0.25) is 29.4 Å². The van der Waals surface area contributed by atoms with E-state index in [2.05, 4.69) is 85.1 Å². The number of ketones is 3. The number of aryl methyl sites for hydroxylation is 6. The third kappa shape index (κ3) is 18.4. The highest BCUT2D eigenvalue weighted by Crippen LogP contribution is 2.34. The van der Waals surface area contributed by atoms with Gasteiger partial charge in [-0.15, -0.1) is 6.42 Å². The Morgan fingerprint density at radius 1 is 0.698 bits per heavy atom. The quantitative estimate of drug-likeness (QED) is 0.0821. The third-order valence-corrected chi connectivity index (χ3v) is 10.0. The summed E-state index contributed by atoms with van der Waals surface area (Å²) in [5, 5.41) is 2.70. The SMILES string of the molecule is C#CCNP.CC.CC.CC.CCC(=O)c1ccc(C)cc1.Cc1ccc(-c2cn3cccc4c3c2CCCC4=O)cc1.Cc1cccnc1C.O=C1CCCCc2ncccc21. The molecule has 4 aromatic heterocycles. The van der Waals surface area contributed by atoms with Gasteiger partial charge < -0.3 is 4.40 Å². The van der Waals surface area contributed by atoms with Crippen LogP contribution in [0.25, 0.3) is 16.6 Å². The molecule has 6 aromatic rings. The Morgan fingerprint density at radius 3 is 1.81 bits per heavy atom. The highest BCUT2D eigenvalue weighted by Gasteiger charge is 2.22. The molecule has 63 heavy (non-hydrogen) atoms. The summed E-state index contributed by atoms with van der Waals surface area (Å²) in [6.45, 7) is 22.7. The minimum Gasteiger partial charge on any atom is -0.322 e. The Morgan fingerprint density at radius 2 is 1.25 bits per heavy atom. The number of nitrogens with one attached hydrogen (secondary N) is 1. The van der Waals surface area contributed by atoms with Gasteiger partial charge in [0.05, 0.1) is 17.8 Å². The van der Waals surface area contributed by atoms with Crippen LogP contribution in [-0.2, 0) is 12.8 Å². The molecule has 2 aliphatic carbocycles. The number of hydrogen-bond acceptors (Lipinski definition) is 6. The second-order valence-corrected chi connectivity index (χ2v) is 14.5. The van der Waals surface area contributed by atoms with Crippen molar-refractivity contribution >= 4 is 32.3 Å². The number of hydrogen-bond donors (Lipinski definition) is 1. The molecular formula is C55H73N4O3P. The highest BCUT2D eigenvalue weighted by atomic mass is 31.0. The average molecular weight is 869 g/mol. The Hall–Kier alpha value is -5.54. The normalized spacial score (nSPS) is 11.7. The van der Waals surface area contributed by atoms with E-state index in [1.165, 1.54) is 33.4 Å². The molecule has 0 bridgehead atoms. The molecule has 4 heterocycles. The lowest BCUT2D eigenvalue weighted by Crippen LogP contribution is -2.01. The molecule has 7 nitrogen and oxygen atoms in total. The summed E-state index contributed by atoms with van der Waals surface area (Å²) in [6.07, 6.45) is 19.5. The van der Waals surface area contributed by atoms with Crippen LogP contribution in [0.5, 0.6) is 0 Å². The fourth-order valence-corrected chi connectivity index (χ4v) is 6.60. The molecule has 1 unspecified atom stereocenters. The monoisotopic (exact) mass is 869 g/mol. The number of terminal acetylenes is 1. The van der Waals surface area contributed by atoms with Gasteiger partial charge in [0.25, 0.3) is 0 Å². The smallest absolute Gasteiger partial charge is 0.165 e. The van der Waals surface area contributed by atoms with Gasteiger partial charge in [-0.25, -0.2) is 0 Å². The number of rotatable bonds is 4. The number of nitrogens with zero attached hydrogens (tertiary/aromatic N) is 3. The number of carbonyl (C=O) groups is 3. The van der Waals surface area contributed by atoms with Crippen molar-refractivity contribution in [3.63, 3.8) is 0 Å². The summed E-state index contributed by atoms with van der Waals surface area (Å²) < 4.78 is 2.11. The summed E-state index contributed by atoms with van der Waals surface area (Å²) in [7, 11) is 2.31. The van der Waals surface area contributed by atoms with E-state index in [1.807, 2.05) is 129 Å². The second kappa shape index (κ2) is 32.2. The Labute approximate surface area is 382 Å². The van der Waals surface area contributed by atoms with Gasteiger partial charge in [0.2, 0.25) is 0 Å². The summed E-state index contributed by atoms with van der Waals surface area (Å²) in [5.74, 6) is 3.13. The molecule has 0 fully saturated rings. The maximum Gasteiger partial charge on any atom is 0.165 e. The third-order valence-electron chi connectivity index (χ3n) is 9.82. The lowest BCUT2D eigenvalue weighted by atomic mass is 9.99. The molecular weight excluding hydrogens is 796 g/mol. The first-order valence-corrected chi connectivity index (χ1v) is 23.2. The zero-order valence-electron chi connectivity index (χ0n) is 40.0. The van der Waals surface area contributed by atoms with Crippen LogP contribution in [0.3, 0.4) is 0 Å². The number of fused-ring (bicyclic) bond motifs is 1. The predicted molar refractivity (Wildman–Crippen MR) is 271 cm³/mol. The Balaban J connectivity index is 0.000000410. The predicted octanol–water partition coefficient (Wildman–Crippen LogP) is 13.8. The van der Waals surface area contributed by atoms with Crippen LogP contribution in [-0.4, -0.2) is 38.3 Å². The lowest BCUT2D eigenvalue weighted by molar-refractivity contribution is 0.0974. The molecule has 8 heteroatoms. The van der Waals surface area contributed by atoms with Crippen molar-refractivity contribution in [2.75, 3.05) is 6.54 Å². The zero-order chi connectivity index (χ0) is 47.2. The van der Waals surface area contributed by atoms with Crippen molar-refractivity contribution in [3.05, 3.63) is 160 Å². The fraction of sp³-hybridized carbons (Fsp3) is 0.364. The van der Waals surface area contributed by atoms with Crippen molar-refractivity contribution in [2.24, 2.45) is 0 Å². The van der Waals surface area contributed by atoms with Crippen LogP contribution in [0, 0.1) is 40.0 Å². The maximum absolute atomic E-state index is 12.3. The minimum atomic E-state index is 0.213. The Kier molecular flexibility index (Phi) is 28.3. The Bertz CT molecular complexity index is 2270. The number of carbonyl (C=O) groups excluding carboxylic acids is 3. The number of benzene rings is 2. The number of Topliss-reactive ketones (excluding diaryl/α,β-unsaturated/α-hetero) is 3. The van der Waals surface area contributed by atoms with Crippen LogP contribution >= 0.6 is 9.39 Å². The molecule has 1 N–H and O–H groups in total. The minimum absolute atomic E-state index is 0.213. The van der Waals surface area contributed by atoms with Crippen LogP contribution in [0.1, 0.15) is 152 Å². The molecule has 2 aromatic carbocycles. The number of pyridine rings is 3. The first-order valence-electron chi connectivity index (χ1n) is 22.6. The van der Waals surface area contributed by atoms with Crippen molar-refractivity contribution in [2.45, 2.75) is 128 Å². The largest absolute Gasteiger partial charge is 0.322 e. The van der Waals surface area contributed by atoms with Gasteiger partial charge in [-0.1, -0.05) is 130 Å². The van der Waals surface area contributed by atoms with Gasteiger partial charge in [0, 0.05) is 72.0 Å². The van der Waals surface area contributed by atoms with Crippen molar-refractivity contribution in [3.8, 4) is 23.5 Å². The molecule has 0 saturated carbocycles. The van der Waals surface area contributed by atoms with E-state index in [-0.39, 0.29) is 17.3 Å². The van der Waals surface area contributed by atoms with E-state index in [4.69, 9.17) is 6.42 Å². The van der Waals surface area contributed by atoms with Crippen molar-refractivity contribution < 1.29 is 14.4 Å². The van der Waals surface area contributed by atoms with Gasteiger partial charge in [-0.05, 0) is 107 Å². The summed E-state index contributed by atoms with van der Waals surface area (Å²) in [4.78, 5) is 43.1. The van der Waals surface area contributed by atoms with Crippen molar-refractivity contribution in [1.82, 2.24) is 19.5 Å². The lowest BCUT2D eigenvalue weighted by Gasteiger charge is -2.04. The molecule has 1 atom stereocenters.